The van der Waals surface area contributed by atoms with Gasteiger partial charge in [-0.05, 0) is 30.3 Å². The number of anilines is 4. The number of hydrogen-bond acceptors (Lipinski definition) is 9. The van der Waals surface area contributed by atoms with E-state index in [9.17, 15) is 8.78 Å². The van der Waals surface area contributed by atoms with Gasteiger partial charge in [0.1, 0.15) is 11.9 Å². The third kappa shape index (κ3) is 5.01. The first kappa shape index (κ1) is 22.6. The molecule has 1 aromatic carbocycles. The van der Waals surface area contributed by atoms with Crippen molar-refractivity contribution in [3.05, 3.63) is 54.9 Å². The molecule has 0 radical (unpaired) electrons. The van der Waals surface area contributed by atoms with Crippen molar-refractivity contribution < 1.29 is 13.5 Å². The van der Waals surface area contributed by atoms with Gasteiger partial charge in [-0.25, -0.2) is 28.4 Å². The van der Waals surface area contributed by atoms with Gasteiger partial charge >= 0.3 is 0 Å². The number of halogens is 2. The number of pyridine rings is 1. The normalized spacial score (nSPS) is 16.0. The SMILES string of the molecule is Cn1nc(-c2ccc(N3CCOC(C(F)F)C3)nc2)nc1Nc1ccc(-c2ccnc(N)n2)cc1. The molecule has 1 saturated heterocycles. The molecule has 0 saturated carbocycles. The molecule has 4 aromatic rings. The molecule has 12 heteroatoms. The van der Waals surface area contributed by atoms with Crippen molar-refractivity contribution in [2.45, 2.75) is 12.5 Å². The number of nitrogens with two attached hydrogens (primary N) is 1. The summed E-state index contributed by atoms with van der Waals surface area (Å²) in [5, 5.41) is 7.72. The van der Waals surface area contributed by atoms with Gasteiger partial charge in [0.25, 0.3) is 6.43 Å². The highest BCUT2D eigenvalue weighted by molar-refractivity contribution is 5.66. The lowest BCUT2D eigenvalue weighted by Gasteiger charge is -2.33. The summed E-state index contributed by atoms with van der Waals surface area (Å²) in [7, 11) is 1.79. The van der Waals surface area contributed by atoms with E-state index >= 15 is 0 Å². The summed E-state index contributed by atoms with van der Waals surface area (Å²) >= 11 is 0. The topological polar surface area (TPSA) is 120 Å². The lowest BCUT2D eigenvalue weighted by atomic mass is 10.1. The van der Waals surface area contributed by atoms with Crippen molar-refractivity contribution in [2.24, 2.45) is 7.05 Å². The molecule has 0 aliphatic carbocycles. The Bertz CT molecular complexity index is 1300. The predicted octanol–water partition coefficient (Wildman–Crippen LogP) is 3.13. The number of nitrogens with one attached hydrogen (secondary N) is 1. The second-order valence-corrected chi connectivity index (χ2v) is 7.98. The van der Waals surface area contributed by atoms with Crippen molar-refractivity contribution in [2.75, 3.05) is 35.6 Å². The van der Waals surface area contributed by atoms with Crippen LogP contribution in [0.3, 0.4) is 0 Å². The standard InChI is InChI=1S/C23H23F2N9O/c1-33-23(29-16-5-2-14(3-6-16)17-8-9-27-22(26)30-17)31-21(32-33)15-4-7-19(28-12-15)34-10-11-35-18(13-34)20(24)25/h2-9,12,18,20H,10-11,13H2,1H3,(H2,26,27,30)(H,29,31,32). The van der Waals surface area contributed by atoms with Crippen molar-refractivity contribution in [3.63, 3.8) is 0 Å². The summed E-state index contributed by atoms with van der Waals surface area (Å²) in [5.74, 6) is 1.88. The summed E-state index contributed by atoms with van der Waals surface area (Å²) in [6, 6.07) is 13.1. The third-order valence-corrected chi connectivity index (χ3v) is 5.58. The second-order valence-electron chi connectivity index (χ2n) is 7.98. The van der Waals surface area contributed by atoms with Gasteiger partial charge < -0.3 is 20.7 Å². The Kier molecular flexibility index (Phi) is 6.19. The highest BCUT2D eigenvalue weighted by Crippen LogP contribution is 2.25. The number of morpholine rings is 1. The molecular formula is C23H23F2N9O. The molecule has 3 N–H and O–H groups in total. The molecule has 10 nitrogen and oxygen atoms in total. The molecule has 35 heavy (non-hydrogen) atoms. The van der Waals surface area contributed by atoms with E-state index in [1.54, 1.807) is 41.2 Å². The van der Waals surface area contributed by atoms with Crippen LogP contribution < -0.4 is 16.0 Å². The van der Waals surface area contributed by atoms with Crippen LogP contribution in [-0.2, 0) is 11.8 Å². The van der Waals surface area contributed by atoms with Crippen LogP contribution in [0.5, 0.6) is 0 Å². The molecule has 180 valence electrons. The zero-order valence-electron chi connectivity index (χ0n) is 18.8. The first-order valence-electron chi connectivity index (χ1n) is 10.9. The number of rotatable bonds is 6. The van der Waals surface area contributed by atoms with Gasteiger partial charge in [-0.3, -0.25) is 0 Å². The fourth-order valence-electron chi connectivity index (χ4n) is 3.74. The Morgan fingerprint density at radius 2 is 1.86 bits per heavy atom. The van der Waals surface area contributed by atoms with E-state index < -0.39 is 12.5 Å². The third-order valence-electron chi connectivity index (χ3n) is 5.58. The quantitative estimate of drug-likeness (QED) is 0.430. The molecule has 1 unspecified atom stereocenters. The van der Waals surface area contributed by atoms with Crippen LogP contribution in [0.15, 0.2) is 54.9 Å². The van der Waals surface area contributed by atoms with Crippen LogP contribution >= 0.6 is 0 Å². The van der Waals surface area contributed by atoms with Gasteiger partial charge in [0.2, 0.25) is 11.9 Å². The first-order valence-corrected chi connectivity index (χ1v) is 10.9. The van der Waals surface area contributed by atoms with E-state index in [1.165, 1.54) is 0 Å². The lowest BCUT2D eigenvalue weighted by Crippen LogP contribution is -2.46. The average molecular weight is 479 g/mol. The molecule has 1 atom stereocenters. The fraction of sp³-hybridized carbons (Fsp3) is 0.261. The van der Waals surface area contributed by atoms with Crippen LogP contribution in [0.1, 0.15) is 0 Å². The van der Waals surface area contributed by atoms with Crippen molar-refractivity contribution in [1.29, 1.82) is 0 Å². The minimum Gasteiger partial charge on any atom is -0.369 e. The van der Waals surface area contributed by atoms with Gasteiger partial charge in [-0.1, -0.05) is 12.1 Å². The van der Waals surface area contributed by atoms with Crippen LogP contribution in [0, 0.1) is 0 Å². The summed E-state index contributed by atoms with van der Waals surface area (Å²) in [6.45, 7) is 0.849. The molecule has 5 rings (SSSR count). The van der Waals surface area contributed by atoms with Crippen LogP contribution in [0.25, 0.3) is 22.6 Å². The van der Waals surface area contributed by atoms with Crippen molar-refractivity contribution in [1.82, 2.24) is 29.7 Å². The van der Waals surface area contributed by atoms with E-state index in [0.717, 1.165) is 16.9 Å². The number of alkyl halides is 2. The number of nitrogens with zero attached hydrogens (tertiary/aromatic N) is 7. The van der Waals surface area contributed by atoms with E-state index in [-0.39, 0.29) is 19.1 Å². The predicted molar refractivity (Wildman–Crippen MR) is 127 cm³/mol. The largest absolute Gasteiger partial charge is 0.369 e. The van der Waals surface area contributed by atoms with E-state index in [4.69, 9.17) is 10.5 Å². The number of aryl methyl sites for hydroxylation is 1. The maximum Gasteiger partial charge on any atom is 0.266 e. The van der Waals surface area contributed by atoms with E-state index in [2.05, 4.69) is 30.4 Å². The van der Waals surface area contributed by atoms with E-state index in [0.29, 0.717) is 29.7 Å². The van der Waals surface area contributed by atoms with Crippen LogP contribution in [0.2, 0.25) is 0 Å². The number of benzene rings is 1. The zero-order chi connectivity index (χ0) is 24.4. The maximum atomic E-state index is 13.0. The van der Waals surface area contributed by atoms with Gasteiger partial charge in [-0.15, -0.1) is 5.10 Å². The van der Waals surface area contributed by atoms with Crippen LogP contribution in [-0.4, -0.2) is 61.9 Å². The molecule has 1 aliphatic heterocycles. The smallest absolute Gasteiger partial charge is 0.266 e. The van der Waals surface area contributed by atoms with Gasteiger partial charge in [0.05, 0.1) is 18.8 Å². The maximum absolute atomic E-state index is 13.0. The highest BCUT2D eigenvalue weighted by atomic mass is 19.3. The van der Waals surface area contributed by atoms with Crippen LogP contribution in [0.4, 0.5) is 32.2 Å². The molecule has 1 aliphatic rings. The number of aromatic nitrogens is 6. The lowest BCUT2D eigenvalue weighted by molar-refractivity contribution is -0.0615. The Morgan fingerprint density at radius 1 is 1.06 bits per heavy atom. The number of hydrogen-bond donors (Lipinski definition) is 2. The monoisotopic (exact) mass is 479 g/mol. The molecule has 0 spiro atoms. The zero-order valence-corrected chi connectivity index (χ0v) is 18.8. The summed E-state index contributed by atoms with van der Waals surface area (Å²) in [6.07, 6.45) is -0.371. The molecule has 4 heterocycles. The average Bonchev–Trinajstić information content (AvgIpc) is 3.24. The Hall–Kier alpha value is -4.19. The Balaban J connectivity index is 1.28. The second kappa shape index (κ2) is 9.58. The number of nitrogen functional groups attached to an aromatic ring is 1. The van der Waals surface area contributed by atoms with E-state index in [1.807, 2.05) is 30.3 Å². The molecule has 3 aromatic heterocycles. The van der Waals surface area contributed by atoms with Crippen molar-refractivity contribution >= 4 is 23.4 Å². The van der Waals surface area contributed by atoms with Gasteiger partial charge in [0, 0.05) is 42.8 Å². The molecule has 0 amide bonds. The first-order chi connectivity index (χ1) is 17.0. The number of ether oxygens (including phenoxy) is 1. The minimum atomic E-state index is -2.52. The highest BCUT2D eigenvalue weighted by Gasteiger charge is 2.28. The Morgan fingerprint density at radius 3 is 2.57 bits per heavy atom. The summed E-state index contributed by atoms with van der Waals surface area (Å²) in [4.78, 5) is 18.9. The molecular weight excluding hydrogens is 456 g/mol. The molecule has 1 fully saturated rings. The van der Waals surface area contributed by atoms with Gasteiger partial charge in [-0.2, -0.15) is 4.98 Å². The minimum absolute atomic E-state index is 0.101. The Labute approximate surface area is 199 Å². The summed E-state index contributed by atoms with van der Waals surface area (Å²) < 4.78 is 32.8. The van der Waals surface area contributed by atoms with Gasteiger partial charge in [0.15, 0.2) is 5.82 Å². The molecule has 0 bridgehead atoms. The summed E-state index contributed by atoms with van der Waals surface area (Å²) in [5.41, 5.74) is 8.86. The van der Waals surface area contributed by atoms with Crippen molar-refractivity contribution in [3.8, 4) is 22.6 Å². The fourth-order valence-corrected chi connectivity index (χ4v) is 3.74.